The summed E-state index contributed by atoms with van der Waals surface area (Å²) >= 11 is 0. The Morgan fingerprint density at radius 1 is 1.27 bits per heavy atom. The molecule has 0 radical (unpaired) electrons. The van der Waals surface area contributed by atoms with E-state index in [1.165, 1.54) is 16.7 Å². The van der Waals surface area contributed by atoms with E-state index in [0.29, 0.717) is 0 Å². The molecule has 15 heavy (non-hydrogen) atoms. The maximum Gasteiger partial charge on any atom is 0.124 e. The highest BCUT2D eigenvalue weighted by molar-refractivity contribution is 5.56. The third-order valence-electron chi connectivity index (χ3n) is 2.32. The second-order valence-corrected chi connectivity index (χ2v) is 3.65. The van der Waals surface area contributed by atoms with E-state index < -0.39 is 0 Å². The van der Waals surface area contributed by atoms with Crippen molar-refractivity contribution in [1.29, 1.82) is 0 Å². The van der Waals surface area contributed by atoms with Gasteiger partial charge in [0.15, 0.2) is 0 Å². The molecule has 0 saturated carbocycles. The quantitative estimate of drug-likeness (QED) is 0.815. The third kappa shape index (κ3) is 3.10. The average molecular weight is 205 g/mol. The van der Waals surface area contributed by atoms with Crippen LogP contribution in [0.5, 0.6) is 5.75 Å². The first-order valence-electron chi connectivity index (χ1n) is 5.15. The molecule has 0 aromatic heterocycles. The number of hydrogen-bond acceptors (Lipinski definition) is 2. The molecule has 0 aliphatic rings. The van der Waals surface area contributed by atoms with Crippen LogP contribution >= 0.6 is 0 Å². The number of hydrogen-bond donors (Lipinski definition) is 1. The molecule has 0 spiro atoms. The van der Waals surface area contributed by atoms with E-state index in [0.717, 1.165) is 12.3 Å². The molecule has 0 aliphatic heterocycles. The van der Waals surface area contributed by atoms with Gasteiger partial charge in [0.1, 0.15) is 5.75 Å². The first-order chi connectivity index (χ1) is 7.19. The molecular formula is C13H19NO. The topological polar surface area (TPSA) is 21.3 Å². The van der Waals surface area contributed by atoms with E-state index in [1.807, 2.05) is 7.05 Å². The summed E-state index contributed by atoms with van der Waals surface area (Å²) in [4.78, 5) is 0. The SMILES string of the molecule is CNCC=Cc1cc(C)c(OC)c(C)c1. The summed E-state index contributed by atoms with van der Waals surface area (Å²) in [7, 11) is 3.65. The van der Waals surface area contributed by atoms with Gasteiger partial charge in [0.05, 0.1) is 7.11 Å². The van der Waals surface area contributed by atoms with Crippen LogP contribution in [-0.4, -0.2) is 20.7 Å². The van der Waals surface area contributed by atoms with Crippen molar-refractivity contribution in [3.63, 3.8) is 0 Å². The Morgan fingerprint density at radius 3 is 2.33 bits per heavy atom. The molecule has 0 amide bonds. The van der Waals surface area contributed by atoms with Gasteiger partial charge >= 0.3 is 0 Å². The first-order valence-corrected chi connectivity index (χ1v) is 5.15. The van der Waals surface area contributed by atoms with Crippen LogP contribution in [0.2, 0.25) is 0 Å². The Hall–Kier alpha value is -1.28. The Labute approximate surface area is 92.0 Å². The molecule has 1 aromatic carbocycles. The summed E-state index contributed by atoms with van der Waals surface area (Å²) in [5, 5.41) is 3.08. The molecule has 1 aromatic rings. The molecule has 0 aliphatic carbocycles. The normalized spacial score (nSPS) is 10.9. The van der Waals surface area contributed by atoms with E-state index in [1.54, 1.807) is 7.11 Å². The molecule has 0 saturated heterocycles. The van der Waals surface area contributed by atoms with E-state index in [4.69, 9.17) is 4.74 Å². The Balaban J connectivity index is 2.93. The second kappa shape index (κ2) is 5.56. The van der Waals surface area contributed by atoms with Crippen molar-refractivity contribution in [2.45, 2.75) is 13.8 Å². The lowest BCUT2D eigenvalue weighted by atomic mass is 10.1. The smallest absolute Gasteiger partial charge is 0.124 e. The number of nitrogens with one attached hydrogen (secondary N) is 1. The monoisotopic (exact) mass is 205 g/mol. The van der Waals surface area contributed by atoms with E-state index in [2.05, 4.69) is 43.4 Å². The van der Waals surface area contributed by atoms with Crippen LogP contribution in [0.4, 0.5) is 0 Å². The van der Waals surface area contributed by atoms with Crippen molar-refractivity contribution < 1.29 is 4.74 Å². The summed E-state index contributed by atoms with van der Waals surface area (Å²) in [6.45, 7) is 5.03. The van der Waals surface area contributed by atoms with E-state index >= 15 is 0 Å². The number of methoxy groups -OCH3 is 1. The van der Waals surface area contributed by atoms with Crippen molar-refractivity contribution in [3.8, 4) is 5.75 Å². The molecule has 0 bridgehead atoms. The van der Waals surface area contributed by atoms with Crippen LogP contribution in [0.15, 0.2) is 18.2 Å². The minimum Gasteiger partial charge on any atom is -0.496 e. The molecule has 1 rings (SSSR count). The number of benzene rings is 1. The zero-order valence-electron chi connectivity index (χ0n) is 9.92. The number of likely N-dealkylation sites (N-methyl/N-ethyl adjacent to an activating group) is 1. The molecule has 2 heteroatoms. The minimum absolute atomic E-state index is 0.893. The lowest BCUT2D eigenvalue weighted by Gasteiger charge is -2.09. The first kappa shape index (κ1) is 11.8. The van der Waals surface area contributed by atoms with E-state index in [9.17, 15) is 0 Å². The summed E-state index contributed by atoms with van der Waals surface area (Å²) in [5.41, 5.74) is 3.59. The van der Waals surface area contributed by atoms with Gasteiger partial charge in [0.25, 0.3) is 0 Å². The van der Waals surface area contributed by atoms with Crippen LogP contribution in [-0.2, 0) is 0 Å². The van der Waals surface area contributed by atoms with Crippen molar-refractivity contribution in [3.05, 3.63) is 34.9 Å². The molecule has 0 heterocycles. The van der Waals surface area contributed by atoms with Crippen molar-refractivity contribution in [2.24, 2.45) is 0 Å². The van der Waals surface area contributed by atoms with Crippen LogP contribution in [0.25, 0.3) is 6.08 Å². The maximum absolute atomic E-state index is 5.32. The van der Waals surface area contributed by atoms with Crippen LogP contribution in [0.3, 0.4) is 0 Å². The fraction of sp³-hybridized carbons (Fsp3) is 0.385. The number of ether oxygens (including phenoxy) is 1. The highest BCUT2D eigenvalue weighted by atomic mass is 16.5. The van der Waals surface area contributed by atoms with Gasteiger partial charge in [-0.05, 0) is 49.7 Å². The third-order valence-corrected chi connectivity index (χ3v) is 2.32. The van der Waals surface area contributed by atoms with Crippen LogP contribution in [0.1, 0.15) is 16.7 Å². The van der Waals surface area contributed by atoms with Gasteiger partial charge < -0.3 is 10.1 Å². The second-order valence-electron chi connectivity index (χ2n) is 3.65. The van der Waals surface area contributed by atoms with Crippen LogP contribution in [0, 0.1) is 13.8 Å². The maximum atomic E-state index is 5.32. The molecule has 1 N–H and O–H groups in total. The predicted octanol–water partition coefficient (Wildman–Crippen LogP) is 2.54. The summed E-state index contributed by atoms with van der Waals surface area (Å²) in [6.07, 6.45) is 4.23. The van der Waals surface area contributed by atoms with Gasteiger partial charge in [0.2, 0.25) is 0 Å². The minimum atomic E-state index is 0.893. The van der Waals surface area contributed by atoms with Gasteiger partial charge in [-0.1, -0.05) is 12.2 Å². The zero-order valence-corrected chi connectivity index (χ0v) is 9.92. The number of aryl methyl sites for hydroxylation is 2. The lowest BCUT2D eigenvalue weighted by Crippen LogP contribution is -2.03. The molecule has 0 unspecified atom stereocenters. The van der Waals surface area contributed by atoms with Crippen molar-refractivity contribution >= 4 is 6.08 Å². The lowest BCUT2D eigenvalue weighted by molar-refractivity contribution is 0.408. The average Bonchev–Trinajstić information content (AvgIpc) is 2.18. The Bertz CT molecular complexity index is 333. The largest absolute Gasteiger partial charge is 0.496 e. The standard InChI is InChI=1S/C13H19NO/c1-10-8-12(6-5-7-14-3)9-11(2)13(10)15-4/h5-6,8-9,14H,7H2,1-4H3. The van der Waals surface area contributed by atoms with Gasteiger partial charge in [-0.15, -0.1) is 0 Å². The number of rotatable bonds is 4. The Kier molecular flexibility index (Phi) is 4.37. The molecule has 2 nitrogen and oxygen atoms in total. The van der Waals surface area contributed by atoms with Crippen LogP contribution < -0.4 is 10.1 Å². The summed E-state index contributed by atoms with van der Waals surface area (Å²) in [5.74, 6) is 0.987. The van der Waals surface area contributed by atoms with Crippen molar-refractivity contribution in [1.82, 2.24) is 5.32 Å². The van der Waals surface area contributed by atoms with E-state index in [-0.39, 0.29) is 0 Å². The Morgan fingerprint density at radius 2 is 1.87 bits per heavy atom. The highest BCUT2D eigenvalue weighted by Gasteiger charge is 2.02. The molecule has 82 valence electrons. The van der Waals surface area contributed by atoms with Gasteiger partial charge in [0, 0.05) is 6.54 Å². The highest BCUT2D eigenvalue weighted by Crippen LogP contribution is 2.24. The fourth-order valence-corrected chi connectivity index (χ4v) is 1.71. The zero-order chi connectivity index (χ0) is 11.3. The van der Waals surface area contributed by atoms with Crippen molar-refractivity contribution in [2.75, 3.05) is 20.7 Å². The fourth-order valence-electron chi connectivity index (χ4n) is 1.71. The van der Waals surface area contributed by atoms with Gasteiger partial charge in [-0.25, -0.2) is 0 Å². The molecular weight excluding hydrogens is 186 g/mol. The summed E-state index contributed by atoms with van der Waals surface area (Å²) < 4.78 is 5.32. The van der Waals surface area contributed by atoms with Gasteiger partial charge in [-0.2, -0.15) is 0 Å². The predicted molar refractivity (Wildman–Crippen MR) is 65.4 cm³/mol. The summed E-state index contributed by atoms with van der Waals surface area (Å²) in [6, 6.07) is 4.27. The molecule has 0 atom stereocenters. The molecule has 0 fully saturated rings. The van der Waals surface area contributed by atoms with Gasteiger partial charge in [-0.3, -0.25) is 0 Å².